The lowest BCUT2D eigenvalue weighted by molar-refractivity contribution is 0.0697. The number of carboxylic acid groups (broad SMARTS) is 1. The number of aryl methyl sites for hydroxylation is 3. The van der Waals surface area contributed by atoms with E-state index >= 15 is 0 Å². The molecule has 4 aromatic rings. The summed E-state index contributed by atoms with van der Waals surface area (Å²) in [7, 11) is 0. The van der Waals surface area contributed by atoms with Crippen molar-refractivity contribution in [2.45, 2.75) is 84.2 Å². The Bertz CT molecular complexity index is 1470. The van der Waals surface area contributed by atoms with E-state index in [1.54, 1.807) is 0 Å². The van der Waals surface area contributed by atoms with Crippen LogP contribution < -0.4 is 0 Å². The molecule has 38 heavy (non-hydrogen) atoms. The maximum Gasteiger partial charge on any atom is 0.335 e. The molecule has 0 bridgehead atoms. The predicted molar refractivity (Wildman–Crippen MR) is 156 cm³/mol. The average molecular weight is 512 g/mol. The van der Waals surface area contributed by atoms with Crippen LogP contribution in [0.5, 0.6) is 0 Å². The zero-order valence-corrected chi connectivity index (χ0v) is 23.0. The average Bonchev–Trinajstić information content (AvgIpc) is 3.45. The SMILES string of the molecule is CCN(CC)CCCc1cn2c3c(cccc13)-c1c(C3CCCCC3)c3ccc(C(=O)O)cc3n1CCC2. The van der Waals surface area contributed by atoms with E-state index in [1.165, 1.54) is 77.2 Å². The van der Waals surface area contributed by atoms with Gasteiger partial charge in [0.2, 0.25) is 0 Å². The van der Waals surface area contributed by atoms with Crippen molar-refractivity contribution < 1.29 is 9.90 Å². The fourth-order valence-electron chi connectivity index (χ4n) is 7.27. The molecule has 1 N–H and O–H groups in total. The minimum atomic E-state index is -0.849. The maximum atomic E-state index is 11.9. The van der Waals surface area contributed by atoms with E-state index in [0.29, 0.717) is 11.5 Å². The van der Waals surface area contributed by atoms with Crippen molar-refractivity contribution in [3.8, 4) is 11.3 Å². The number of aromatic carboxylic acids is 1. The lowest BCUT2D eigenvalue weighted by Gasteiger charge is -2.25. The lowest BCUT2D eigenvalue weighted by atomic mass is 9.81. The standard InChI is InChI=1S/C33H41N3O2/c1-3-34(4-2)18-9-13-25-22-35-19-10-20-36-29-21-24(33(37)38)16-17-27(29)30(23-11-6-5-7-12-23)32(36)28-15-8-14-26(25)31(28)35/h8,14-17,21-23H,3-7,9-13,18-20H2,1-2H3,(H,37,38). The van der Waals surface area contributed by atoms with Crippen LogP contribution >= 0.6 is 0 Å². The molecular formula is C33H41N3O2. The van der Waals surface area contributed by atoms with Crippen molar-refractivity contribution >= 4 is 27.8 Å². The third-order valence-electron chi connectivity index (χ3n) is 9.20. The Morgan fingerprint density at radius 3 is 2.58 bits per heavy atom. The van der Waals surface area contributed by atoms with Crippen LogP contribution in [0.25, 0.3) is 33.1 Å². The number of fused-ring (bicyclic) bond motifs is 4. The molecule has 0 saturated heterocycles. The summed E-state index contributed by atoms with van der Waals surface area (Å²) in [5, 5.41) is 12.4. The highest BCUT2D eigenvalue weighted by Gasteiger charge is 2.29. The third kappa shape index (κ3) is 4.35. The van der Waals surface area contributed by atoms with Crippen molar-refractivity contribution in [1.29, 1.82) is 0 Å². The van der Waals surface area contributed by atoms with Crippen LogP contribution in [0.3, 0.4) is 0 Å². The van der Waals surface area contributed by atoms with Crippen LogP contribution in [0.2, 0.25) is 0 Å². The van der Waals surface area contributed by atoms with Gasteiger partial charge in [-0.05, 0) is 80.9 Å². The minimum absolute atomic E-state index is 0.382. The third-order valence-corrected chi connectivity index (χ3v) is 9.20. The molecule has 200 valence electrons. The van der Waals surface area contributed by atoms with Gasteiger partial charge in [0.25, 0.3) is 0 Å². The van der Waals surface area contributed by atoms with Crippen molar-refractivity contribution in [2.24, 2.45) is 0 Å². The van der Waals surface area contributed by atoms with Gasteiger partial charge in [-0.2, -0.15) is 0 Å². The van der Waals surface area contributed by atoms with Crippen molar-refractivity contribution in [3.05, 3.63) is 59.3 Å². The molecule has 6 rings (SSSR count). The number of hydrogen-bond donors (Lipinski definition) is 1. The number of carboxylic acids is 1. The van der Waals surface area contributed by atoms with Gasteiger partial charge in [-0.15, -0.1) is 0 Å². The van der Waals surface area contributed by atoms with Crippen LogP contribution in [0, 0.1) is 0 Å². The molecule has 5 heteroatoms. The zero-order chi connectivity index (χ0) is 26.2. The Morgan fingerprint density at radius 2 is 1.82 bits per heavy atom. The molecule has 1 aliphatic carbocycles. The topological polar surface area (TPSA) is 50.4 Å². The molecule has 2 aliphatic rings. The van der Waals surface area contributed by atoms with E-state index in [2.05, 4.69) is 58.3 Å². The van der Waals surface area contributed by atoms with Gasteiger partial charge in [0.05, 0.1) is 16.8 Å². The molecule has 3 heterocycles. The van der Waals surface area contributed by atoms with E-state index < -0.39 is 5.97 Å². The molecule has 0 amide bonds. The summed E-state index contributed by atoms with van der Waals surface area (Å²) in [5.41, 5.74) is 8.43. The number of para-hydroxylation sites is 1. The first-order valence-electron chi connectivity index (χ1n) is 14.8. The predicted octanol–water partition coefficient (Wildman–Crippen LogP) is 7.69. The lowest BCUT2D eigenvalue weighted by Crippen LogP contribution is -2.24. The molecule has 0 radical (unpaired) electrons. The molecule has 0 atom stereocenters. The molecule has 5 nitrogen and oxygen atoms in total. The second-order valence-corrected chi connectivity index (χ2v) is 11.3. The molecule has 1 fully saturated rings. The second-order valence-electron chi connectivity index (χ2n) is 11.3. The number of rotatable bonds is 8. The van der Waals surface area contributed by atoms with Gasteiger partial charge in [-0.25, -0.2) is 4.79 Å². The van der Waals surface area contributed by atoms with Crippen molar-refractivity contribution in [1.82, 2.24) is 14.0 Å². The summed E-state index contributed by atoms with van der Waals surface area (Å²) in [6.45, 7) is 9.76. The minimum Gasteiger partial charge on any atom is -0.478 e. The highest BCUT2D eigenvalue weighted by molar-refractivity contribution is 6.03. The monoisotopic (exact) mass is 511 g/mol. The summed E-state index contributed by atoms with van der Waals surface area (Å²) in [6, 6.07) is 12.7. The molecule has 1 aliphatic heterocycles. The van der Waals surface area contributed by atoms with Gasteiger partial charge in [-0.3, -0.25) is 0 Å². The summed E-state index contributed by atoms with van der Waals surface area (Å²) in [5.74, 6) is -0.317. The highest BCUT2D eigenvalue weighted by Crippen LogP contribution is 2.47. The van der Waals surface area contributed by atoms with E-state index in [4.69, 9.17) is 0 Å². The Labute approximate surface area is 226 Å². The summed E-state index contributed by atoms with van der Waals surface area (Å²) < 4.78 is 4.99. The van der Waals surface area contributed by atoms with Gasteiger partial charge in [0.1, 0.15) is 0 Å². The van der Waals surface area contributed by atoms with Crippen LogP contribution in [-0.2, 0) is 19.5 Å². The summed E-state index contributed by atoms with van der Waals surface area (Å²) in [4.78, 5) is 14.4. The molecule has 2 aromatic carbocycles. The van der Waals surface area contributed by atoms with Gasteiger partial charge in [-0.1, -0.05) is 57.4 Å². The van der Waals surface area contributed by atoms with Gasteiger partial charge in [0, 0.05) is 41.1 Å². The van der Waals surface area contributed by atoms with E-state index in [9.17, 15) is 9.90 Å². The van der Waals surface area contributed by atoms with E-state index in [0.717, 1.165) is 51.1 Å². The first-order chi connectivity index (χ1) is 18.6. The number of benzene rings is 2. The van der Waals surface area contributed by atoms with Gasteiger partial charge in [0.15, 0.2) is 0 Å². The molecular weight excluding hydrogens is 470 g/mol. The molecule has 0 unspecified atom stereocenters. The van der Waals surface area contributed by atoms with Crippen LogP contribution in [0.15, 0.2) is 42.6 Å². The van der Waals surface area contributed by atoms with Gasteiger partial charge < -0.3 is 19.1 Å². The van der Waals surface area contributed by atoms with E-state index in [-0.39, 0.29) is 0 Å². The summed E-state index contributed by atoms with van der Waals surface area (Å²) >= 11 is 0. The number of carbonyl (C=O) groups is 1. The zero-order valence-electron chi connectivity index (χ0n) is 23.0. The Balaban J connectivity index is 1.53. The van der Waals surface area contributed by atoms with Crippen LogP contribution in [0.1, 0.15) is 86.2 Å². The number of hydrogen-bond acceptors (Lipinski definition) is 2. The largest absolute Gasteiger partial charge is 0.478 e. The van der Waals surface area contributed by atoms with Gasteiger partial charge >= 0.3 is 5.97 Å². The Kier molecular flexibility index (Phi) is 7.05. The smallest absolute Gasteiger partial charge is 0.335 e. The summed E-state index contributed by atoms with van der Waals surface area (Å²) in [6.07, 6.45) is 12.1. The maximum absolute atomic E-state index is 11.9. The quantitative estimate of drug-likeness (QED) is 0.264. The Hall–Kier alpha value is -3.05. The number of aromatic nitrogens is 2. The molecule has 1 saturated carbocycles. The van der Waals surface area contributed by atoms with Crippen LogP contribution in [-0.4, -0.2) is 44.7 Å². The van der Waals surface area contributed by atoms with E-state index in [1.807, 2.05) is 12.1 Å². The fourth-order valence-corrected chi connectivity index (χ4v) is 7.27. The highest BCUT2D eigenvalue weighted by atomic mass is 16.4. The first kappa shape index (κ1) is 25.2. The fraction of sp³-hybridized carbons (Fsp3) is 0.485. The van der Waals surface area contributed by atoms with Crippen LogP contribution in [0.4, 0.5) is 0 Å². The normalized spacial score (nSPS) is 16.2. The van der Waals surface area contributed by atoms with Crippen molar-refractivity contribution in [2.75, 3.05) is 19.6 Å². The first-order valence-corrected chi connectivity index (χ1v) is 14.8. The molecule has 0 spiro atoms. The Morgan fingerprint density at radius 1 is 1.00 bits per heavy atom. The second kappa shape index (κ2) is 10.6. The van der Waals surface area contributed by atoms with Crippen molar-refractivity contribution in [3.63, 3.8) is 0 Å². The number of nitrogens with zero attached hydrogens (tertiary/aromatic N) is 3. The molecule has 2 aromatic heterocycles.